The van der Waals surface area contributed by atoms with E-state index in [9.17, 15) is 0 Å². The number of aromatic nitrogens is 4. The molecule has 1 aliphatic carbocycles. The maximum absolute atomic E-state index is 4.85. The molecule has 7 nitrogen and oxygen atoms in total. The zero-order chi connectivity index (χ0) is 18.4. The van der Waals surface area contributed by atoms with Crippen LogP contribution in [0.2, 0.25) is 0 Å². The maximum atomic E-state index is 4.85. The van der Waals surface area contributed by atoms with Gasteiger partial charge in [0, 0.05) is 31.4 Å². The molecule has 0 aliphatic heterocycles. The normalized spacial score (nSPS) is 13.8. The van der Waals surface area contributed by atoms with Crippen molar-refractivity contribution in [2.75, 3.05) is 20.1 Å². The number of nitrogens with one attached hydrogen (secondary N) is 1. The molecule has 2 aromatic heterocycles. The molecule has 1 aliphatic rings. The van der Waals surface area contributed by atoms with Crippen molar-refractivity contribution in [2.45, 2.75) is 59.0 Å². The van der Waals surface area contributed by atoms with Crippen molar-refractivity contribution >= 4 is 41.3 Å². The van der Waals surface area contributed by atoms with E-state index in [1.54, 1.807) is 6.33 Å². The lowest BCUT2D eigenvalue weighted by molar-refractivity contribution is 0.473. The van der Waals surface area contributed by atoms with E-state index < -0.39 is 0 Å². The number of rotatable bonds is 7. The van der Waals surface area contributed by atoms with Crippen LogP contribution in [0.3, 0.4) is 0 Å². The topological polar surface area (TPSA) is 71.2 Å². The molecule has 0 spiro atoms. The minimum Gasteiger partial charge on any atom is -0.357 e. The van der Waals surface area contributed by atoms with Crippen LogP contribution < -0.4 is 5.32 Å². The molecule has 0 radical (unpaired) electrons. The minimum atomic E-state index is 0. The highest BCUT2D eigenvalue weighted by molar-refractivity contribution is 14.0. The molecule has 2 aromatic rings. The Morgan fingerprint density at radius 3 is 2.89 bits per heavy atom. The summed E-state index contributed by atoms with van der Waals surface area (Å²) >= 11 is 1.87. The summed E-state index contributed by atoms with van der Waals surface area (Å²) in [4.78, 5) is 13.3. The van der Waals surface area contributed by atoms with Crippen molar-refractivity contribution in [3.05, 3.63) is 27.7 Å². The third-order valence-electron chi connectivity index (χ3n) is 4.57. The molecule has 0 bridgehead atoms. The summed E-state index contributed by atoms with van der Waals surface area (Å²) in [7, 11) is 2.08. The molecule has 2 heterocycles. The van der Waals surface area contributed by atoms with Gasteiger partial charge in [-0.15, -0.1) is 45.5 Å². The van der Waals surface area contributed by atoms with E-state index in [4.69, 9.17) is 9.98 Å². The van der Waals surface area contributed by atoms with Crippen molar-refractivity contribution in [2.24, 2.45) is 4.99 Å². The first kappa shape index (κ1) is 22.1. The molecule has 0 unspecified atom stereocenters. The van der Waals surface area contributed by atoms with Crippen LogP contribution >= 0.6 is 35.3 Å². The second kappa shape index (κ2) is 10.9. The SMILES string of the molecule is CCNC(=NCCn1cnnc1CC)N(C)Cc1nc2c(s1)CCCC2.I. The van der Waals surface area contributed by atoms with E-state index in [1.807, 2.05) is 11.3 Å². The molecule has 3 rings (SSSR count). The molecule has 0 saturated heterocycles. The lowest BCUT2D eigenvalue weighted by Crippen LogP contribution is -2.38. The number of hydrogen-bond donors (Lipinski definition) is 1. The molecule has 0 amide bonds. The van der Waals surface area contributed by atoms with E-state index in [-0.39, 0.29) is 24.0 Å². The molecule has 0 saturated carbocycles. The van der Waals surface area contributed by atoms with Gasteiger partial charge in [0.1, 0.15) is 17.2 Å². The monoisotopic (exact) mass is 503 g/mol. The van der Waals surface area contributed by atoms with Gasteiger partial charge in [0.25, 0.3) is 0 Å². The van der Waals surface area contributed by atoms with Gasteiger partial charge in [0.15, 0.2) is 5.96 Å². The summed E-state index contributed by atoms with van der Waals surface area (Å²) < 4.78 is 2.07. The number of halogens is 1. The number of hydrogen-bond acceptors (Lipinski definition) is 5. The summed E-state index contributed by atoms with van der Waals surface area (Å²) in [6.45, 7) is 7.34. The molecular formula is C18H30IN7S. The van der Waals surface area contributed by atoms with E-state index in [2.05, 4.69) is 45.9 Å². The lowest BCUT2D eigenvalue weighted by Gasteiger charge is -2.21. The fraction of sp³-hybridized carbons (Fsp3) is 0.667. The van der Waals surface area contributed by atoms with Crippen LogP contribution in [0.4, 0.5) is 0 Å². The highest BCUT2D eigenvalue weighted by Gasteiger charge is 2.16. The standard InChI is InChI=1S/C18H29N7S.HI/c1-4-16-23-21-13-25(16)11-10-20-18(19-5-2)24(3)12-17-22-14-8-6-7-9-15(14)26-17;/h13H,4-12H2,1-3H3,(H,19,20);1H. The smallest absolute Gasteiger partial charge is 0.194 e. The van der Waals surface area contributed by atoms with Gasteiger partial charge in [-0.05, 0) is 32.6 Å². The number of nitrogens with zero attached hydrogens (tertiary/aromatic N) is 6. The Balaban J connectivity index is 0.00000261. The summed E-state index contributed by atoms with van der Waals surface area (Å²) in [6.07, 6.45) is 7.59. The minimum absolute atomic E-state index is 0. The lowest BCUT2D eigenvalue weighted by atomic mass is 10.0. The van der Waals surface area contributed by atoms with Crippen LogP contribution in [0.25, 0.3) is 0 Å². The van der Waals surface area contributed by atoms with Gasteiger partial charge < -0.3 is 14.8 Å². The summed E-state index contributed by atoms with van der Waals surface area (Å²) in [5, 5.41) is 12.7. The second-order valence-electron chi connectivity index (χ2n) is 6.57. The van der Waals surface area contributed by atoms with Gasteiger partial charge in [0.2, 0.25) is 0 Å². The second-order valence-corrected chi connectivity index (χ2v) is 7.74. The van der Waals surface area contributed by atoms with Crippen molar-refractivity contribution in [1.82, 2.24) is 30.0 Å². The van der Waals surface area contributed by atoms with Crippen LogP contribution in [-0.2, 0) is 32.4 Å². The van der Waals surface area contributed by atoms with Gasteiger partial charge in [-0.3, -0.25) is 4.99 Å². The highest BCUT2D eigenvalue weighted by atomic mass is 127. The molecule has 0 aromatic carbocycles. The predicted octanol–water partition coefficient (Wildman–Crippen LogP) is 2.89. The summed E-state index contributed by atoms with van der Waals surface area (Å²) in [5.74, 6) is 1.93. The van der Waals surface area contributed by atoms with Crippen LogP contribution in [0, 0.1) is 0 Å². The predicted molar refractivity (Wildman–Crippen MR) is 121 cm³/mol. The van der Waals surface area contributed by atoms with Crippen molar-refractivity contribution in [3.8, 4) is 0 Å². The van der Waals surface area contributed by atoms with Gasteiger partial charge in [-0.2, -0.15) is 0 Å². The average Bonchev–Trinajstić information content (AvgIpc) is 3.26. The van der Waals surface area contributed by atoms with Crippen LogP contribution in [0.15, 0.2) is 11.3 Å². The van der Waals surface area contributed by atoms with Gasteiger partial charge >= 0.3 is 0 Å². The van der Waals surface area contributed by atoms with Crippen LogP contribution in [0.5, 0.6) is 0 Å². The molecule has 0 fully saturated rings. The molecule has 150 valence electrons. The van der Waals surface area contributed by atoms with Crippen molar-refractivity contribution < 1.29 is 0 Å². The third-order valence-corrected chi connectivity index (χ3v) is 5.72. The van der Waals surface area contributed by atoms with Gasteiger partial charge in [-0.1, -0.05) is 6.92 Å². The van der Waals surface area contributed by atoms with Crippen LogP contribution in [0.1, 0.15) is 48.1 Å². The molecule has 27 heavy (non-hydrogen) atoms. The molecule has 0 atom stereocenters. The Kier molecular flexibility index (Phi) is 8.94. The van der Waals surface area contributed by atoms with Gasteiger partial charge in [-0.25, -0.2) is 4.98 Å². The average molecular weight is 503 g/mol. The molecule has 9 heteroatoms. The molecular weight excluding hydrogens is 473 g/mol. The quantitative estimate of drug-likeness (QED) is 0.358. The Hall–Kier alpha value is -1.23. The Labute approximate surface area is 182 Å². The zero-order valence-corrected chi connectivity index (χ0v) is 19.6. The number of fused-ring (bicyclic) bond motifs is 1. The summed E-state index contributed by atoms with van der Waals surface area (Å²) in [5.41, 5.74) is 1.33. The van der Waals surface area contributed by atoms with Crippen LogP contribution in [-0.4, -0.2) is 50.7 Å². The van der Waals surface area contributed by atoms with Crippen molar-refractivity contribution in [1.29, 1.82) is 0 Å². The van der Waals surface area contributed by atoms with E-state index >= 15 is 0 Å². The number of thiazole rings is 1. The first-order valence-corrected chi connectivity index (χ1v) is 10.4. The summed E-state index contributed by atoms with van der Waals surface area (Å²) in [6, 6.07) is 0. The fourth-order valence-corrected chi connectivity index (χ4v) is 4.43. The van der Waals surface area contributed by atoms with Gasteiger partial charge in [0.05, 0.1) is 18.8 Å². The maximum Gasteiger partial charge on any atom is 0.194 e. The third kappa shape index (κ3) is 5.87. The largest absolute Gasteiger partial charge is 0.357 e. The van der Waals surface area contributed by atoms with E-state index in [0.29, 0.717) is 6.54 Å². The Bertz CT molecular complexity index is 716. The highest BCUT2D eigenvalue weighted by Crippen LogP contribution is 2.27. The first-order chi connectivity index (χ1) is 12.7. The number of aryl methyl sites for hydroxylation is 3. The Morgan fingerprint density at radius 1 is 1.33 bits per heavy atom. The molecule has 1 N–H and O–H groups in total. The first-order valence-electron chi connectivity index (χ1n) is 9.54. The van der Waals surface area contributed by atoms with E-state index in [0.717, 1.165) is 44.3 Å². The van der Waals surface area contributed by atoms with E-state index in [1.165, 1.54) is 34.8 Å². The zero-order valence-electron chi connectivity index (χ0n) is 16.4. The fourth-order valence-electron chi connectivity index (χ4n) is 3.22. The number of guanidine groups is 1. The number of aliphatic imine (C=N–C) groups is 1. The van der Waals surface area contributed by atoms with Crippen molar-refractivity contribution in [3.63, 3.8) is 0 Å². The Morgan fingerprint density at radius 2 is 2.15 bits per heavy atom.